The van der Waals surface area contributed by atoms with E-state index in [0.29, 0.717) is 11.4 Å². The molecular formula is C13H21BrN2O2S. The number of hydrogen-bond donors (Lipinski definition) is 2. The normalized spacial score (nSPS) is 13.5. The Kier molecular flexibility index (Phi) is 5.98. The Balaban J connectivity index is 3.25. The van der Waals surface area contributed by atoms with E-state index in [0.717, 1.165) is 22.0 Å². The van der Waals surface area contributed by atoms with E-state index in [-0.39, 0.29) is 6.04 Å². The molecular weight excluding hydrogens is 328 g/mol. The van der Waals surface area contributed by atoms with Gasteiger partial charge in [0.1, 0.15) is 0 Å². The summed E-state index contributed by atoms with van der Waals surface area (Å²) in [6, 6.07) is 3.59. The minimum absolute atomic E-state index is 0.0730. The van der Waals surface area contributed by atoms with E-state index < -0.39 is 10.0 Å². The van der Waals surface area contributed by atoms with Crippen LogP contribution in [-0.4, -0.2) is 21.5 Å². The lowest BCUT2D eigenvalue weighted by atomic mass is 10.1. The molecule has 1 rings (SSSR count). The molecule has 0 spiro atoms. The molecule has 1 unspecified atom stereocenters. The van der Waals surface area contributed by atoms with Crippen molar-refractivity contribution < 1.29 is 8.42 Å². The van der Waals surface area contributed by atoms with Crippen LogP contribution in [0.5, 0.6) is 0 Å². The minimum Gasteiger partial charge on any atom is -0.316 e. The van der Waals surface area contributed by atoms with Crippen LogP contribution in [0.3, 0.4) is 0 Å². The predicted molar refractivity (Wildman–Crippen MR) is 81.7 cm³/mol. The van der Waals surface area contributed by atoms with Crippen LogP contribution >= 0.6 is 15.9 Å². The molecule has 0 aliphatic heterocycles. The summed E-state index contributed by atoms with van der Waals surface area (Å²) >= 11 is 3.42. The average Bonchev–Trinajstić information content (AvgIpc) is 2.33. The van der Waals surface area contributed by atoms with Gasteiger partial charge in [-0.05, 0) is 50.6 Å². The SMILES string of the molecule is CCC(C)NS(=O)(=O)c1cc(CNC)cc(Br)c1C. The van der Waals surface area contributed by atoms with Crippen molar-refractivity contribution in [3.05, 3.63) is 27.7 Å². The van der Waals surface area contributed by atoms with E-state index in [1.807, 2.05) is 27.0 Å². The highest BCUT2D eigenvalue weighted by Crippen LogP contribution is 2.26. The maximum absolute atomic E-state index is 12.4. The summed E-state index contributed by atoms with van der Waals surface area (Å²) in [4.78, 5) is 0.340. The third-order valence-electron chi connectivity index (χ3n) is 3.00. The van der Waals surface area contributed by atoms with Crippen LogP contribution in [0.15, 0.2) is 21.5 Å². The van der Waals surface area contributed by atoms with Gasteiger partial charge in [-0.15, -0.1) is 0 Å². The average molecular weight is 349 g/mol. The Morgan fingerprint density at radius 1 is 1.37 bits per heavy atom. The van der Waals surface area contributed by atoms with Gasteiger partial charge in [-0.3, -0.25) is 0 Å². The summed E-state index contributed by atoms with van der Waals surface area (Å²) in [6.45, 7) is 6.25. The van der Waals surface area contributed by atoms with E-state index in [9.17, 15) is 8.42 Å². The molecule has 0 bridgehead atoms. The molecule has 0 radical (unpaired) electrons. The van der Waals surface area contributed by atoms with E-state index in [1.54, 1.807) is 13.0 Å². The fourth-order valence-electron chi connectivity index (χ4n) is 1.70. The lowest BCUT2D eigenvalue weighted by Gasteiger charge is -2.16. The molecule has 0 heterocycles. The molecule has 6 heteroatoms. The second-order valence-corrected chi connectivity index (χ2v) is 7.20. The van der Waals surface area contributed by atoms with Crippen molar-refractivity contribution in [2.45, 2.75) is 44.7 Å². The highest BCUT2D eigenvalue weighted by Gasteiger charge is 2.20. The van der Waals surface area contributed by atoms with E-state index >= 15 is 0 Å². The molecule has 0 saturated heterocycles. The standard InChI is InChI=1S/C13H21BrN2O2S/c1-5-9(2)16-19(17,18)13-7-11(8-15-4)6-12(14)10(13)3/h6-7,9,15-16H,5,8H2,1-4H3. The van der Waals surface area contributed by atoms with Crippen molar-refractivity contribution in [2.75, 3.05) is 7.05 Å². The van der Waals surface area contributed by atoms with Crippen molar-refractivity contribution in [2.24, 2.45) is 0 Å². The van der Waals surface area contributed by atoms with Crippen molar-refractivity contribution in [1.82, 2.24) is 10.0 Å². The number of halogens is 1. The number of nitrogens with one attached hydrogen (secondary N) is 2. The molecule has 2 N–H and O–H groups in total. The second kappa shape index (κ2) is 6.83. The first kappa shape index (κ1) is 16.6. The highest BCUT2D eigenvalue weighted by molar-refractivity contribution is 9.10. The first-order valence-electron chi connectivity index (χ1n) is 6.27. The summed E-state index contributed by atoms with van der Waals surface area (Å²) < 4.78 is 28.3. The van der Waals surface area contributed by atoms with E-state index in [2.05, 4.69) is 26.0 Å². The van der Waals surface area contributed by atoms with Gasteiger partial charge >= 0.3 is 0 Å². The van der Waals surface area contributed by atoms with Crippen LogP contribution in [0.1, 0.15) is 31.4 Å². The number of benzene rings is 1. The number of sulfonamides is 1. The van der Waals surface area contributed by atoms with Gasteiger partial charge in [-0.2, -0.15) is 0 Å². The smallest absolute Gasteiger partial charge is 0.241 e. The molecule has 4 nitrogen and oxygen atoms in total. The Morgan fingerprint density at radius 2 is 2.00 bits per heavy atom. The molecule has 0 amide bonds. The number of hydrogen-bond acceptors (Lipinski definition) is 3. The van der Waals surface area contributed by atoms with Crippen molar-refractivity contribution in [3.8, 4) is 0 Å². The van der Waals surface area contributed by atoms with Gasteiger partial charge < -0.3 is 5.32 Å². The van der Waals surface area contributed by atoms with E-state index in [1.165, 1.54) is 0 Å². The highest BCUT2D eigenvalue weighted by atomic mass is 79.9. The summed E-state index contributed by atoms with van der Waals surface area (Å²) in [6.07, 6.45) is 0.760. The Bertz CT molecular complexity index is 544. The van der Waals surface area contributed by atoms with Gasteiger partial charge in [0.2, 0.25) is 10.0 Å². The number of rotatable bonds is 6. The molecule has 1 aromatic carbocycles. The van der Waals surface area contributed by atoms with Crippen molar-refractivity contribution >= 4 is 26.0 Å². The van der Waals surface area contributed by atoms with Crippen molar-refractivity contribution in [1.29, 1.82) is 0 Å². The fourth-order valence-corrected chi connectivity index (χ4v) is 3.99. The van der Waals surface area contributed by atoms with Crippen LogP contribution in [0.2, 0.25) is 0 Å². The molecule has 19 heavy (non-hydrogen) atoms. The third-order valence-corrected chi connectivity index (χ3v) is 5.53. The lowest BCUT2D eigenvalue weighted by Crippen LogP contribution is -2.32. The fraction of sp³-hybridized carbons (Fsp3) is 0.538. The molecule has 0 fully saturated rings. The molecule has 108 valence electrons. The largest absolute Gasteiger partial charge is 0.316 e. The first-order valence-corrected chi connectivity index (χ1v) is 8.55. The van der Waals surface area contributed by atoms with Crippen molar-refractivity contribution in [3.63, 3.8) is 0 Å². The van der Waals surface area contributed by atoms with Gasteiger partial charge in [0.25, 0.3) is 0 Å². The van der Waals surface area contributed by atoms with Gasteiger partial charge in [-0.25, -0.2) is 13.1 Å². The first-order chi connectivity index (χ1) is 8.81. The topological polar surface area (TPSA) is 58.2 Å². The Morgan fingerprint density at radius 3 is 2.53 bits per heavy atom. The van der Waals surface area contributed by atoms with Gasteiger partial charge in [0.15, 0.2) is 0 Å². The molecule has 1 atom stereocenters. The summed E-state index contributed by atoms with van der Waals surface area (Å²) in [5.41, 5.74) is 1.67. The lowest BCUT2D eigenvalue weighted by molar-refractivity contribution is 0.555. The monoisotopic (exact) mass is 348 g/mol. The van der Waals surface area contributed by atoms with Crippen LogP contribution in [0.25, 0.3) is 0 Å². The van der Waals surface area contributed by atoms with Gasteiger partial charge in [-0.1, -0.05) is 22.9 Å². The van der Waals surface area contributed by atoms with Crippen LogP contribution in [0, 0.1) is 6.92 Å². The minimum atomic E-state index is -3.47. The van der Waals surface area contributed by atoms with Crippen LogP contribution in [0.4, 0.5) is 0 Å². The Hall–Kier alpha value is -0.430. The zero-order chi connectivity index (χ0) is 14.6. The zero-order valence-electron chi connectivity index (χ0n) is 11.7. The predicted octanol–water partition coefficient (Wildman–Crippen LogP) is 2.55. The zero-order valence-corrected chi connectivity index (χ0v) is 14.2. The quantitative estimate of drug-likeness (QED) is 0.830. The Labute approximate surface area is 124 Å². The second-order valence-electron chi connectivity index (χ2n) is 4.66. The van der Waals surface area contributed by atoms with Gasteiger partial charge in [0.05, 0.1) is 4.90 Å². The maximum atomic E-state index is 12.4. The molecule has 1 aromatic rings. The van der Waals surface area contributed by atoms with Gasteiger partial charge in [0, 0.05) is 17.1 Å². The van der Waals surface area contributed by atoms with E-state index in [4.69, 9.17) is 0 Å². The summed E-state index contributed by atoms with van der Waals surface area (Å²) in [5.74, 6) is 0. The molecule has 0 saturated carbocycles. The summed E-state index contributed by atoms with van der Waals surface area (Å²) in [5, 5.41) is 3.03. The third kappa shape index (κ3) is 4.27. The molecule has 0 aliphatic carbocycles. The summed E-state index contributed by atoms with van der Waals surface area (Å²) in [7, 11) is -1.64. The molecule has 0 aromatic heterocycles. The maximum Gasteiger partial charge on any atom is 0.241 e. The van der Waals surface area contributed by atoms with Crippen LogP contribution < -0.4 is 10.0 Å². The van der Waals surface area contributed by atoms with Crippen LogP contribution in [-0.2, 0) is 16.6 Å². The molecule has 0 aliphatic rings.